The van der Waals surface area contributed by atoms with Crippen LogP contribution in [0.3, 0.4) is 0 Å². The summed E-state index contributed by atoms with van der Waals surface area (Å²) in [6.45, 7) is 7.47. The Morgan fingerprint density at radius 2 is 1.76 bits per heavy atom. The molecule has 0 atom stereocenters. The van der Waals surface area contributed by atoms with E-state index >= 15 is 0 Å². The van der Waals surface area contributed by atoms with E-state index in [1.807, 2.05) is 31.2 Å². The second-order valence-corrected chi connectivity index (χ2v) is 4.68. The van der Waals surface area contributed by atoms with Gasteiger partial charge in [-0.2, -0.15) is 0 Å². The van der Waals surface area contributed by atoms with Gasteiger partial charge in [-0.15, -0.1) is 0 Å². The van der Waals surface area contributed by atoms with Gasteiger partial charge in [0.15, 0.2) is 0 Å². The lowest BCUT2D eigenvalue weighted by Crippen LogP contribution is -2.09. The molecular formula is C17H20O4. The van der Waals surface area contributed by atoms with Crippen molar-refractivity contribution in [1.82, 2.24) is 0 Å². The molecule has 4 heteroatoms. The van der Waals surface area contributed by atoms with Crippen molar-refractivity contribution < 1.29 is 19.1 Å². The van der Waals surface area contributed by atoms with Gasteiger partial charge < -0.3 is 9.47 Å². The van der Waals surface area contributed by atoms with Crippen molar-refractivity contribution in [1.29, 1.82) is 0 Å². The summed E-state index contributed by atoms with van der Waals surface area (Å²) in [4.78, 5) is 22.5. The molecule has 21 heavy (non-hydrogen) atoms. The fourth-order valence-electron chi connectivity index (χ4n) is 1.41. The summed E-state index contributed by atoms with van der Waals surface area (Å²) in [6, 6.07) is 7.80. The number of esters is 2. The van der Waals surface area contributed by atoms with Crippen molar-refractivity contribution in [3.8, 4) is 0 Å². The Labute approximate surface area is 125 Å². The maximum absolute atomic E-state index is 11.5. The first-order valence-electron chi connectivity index (χ1n) is 6.73. The highest BCUT2D eigenvalue weighted by molar-refractivity contribution is 5.87. The van der Waals surface area contributed by atoms with Crippen LogP contribution in [-0.4, -0.2) is 25.2 Å². The molecule has 4 nitrogen and oxygen atoms in total. The molecule has 112 valence electrons. The highest BCUT2D eigenvalue weighted by Crippen LogP contribution is 2.05. The highest BCUT2D eigenvalue weighted by Gasteiger charge is 2.02. The smallest absolute Gasteiger partial charge is 0.333 e. The summed E-state index contributed by atoms with van der Waals surface area (Å²) in [5.74, 6) is -0.845. The van der Waals surface area contributed by atoms with Crippen molar-refractivity contribution in [3.05, 3.63) is 53.6 Å². The van der Waals surface area contributed by atoms with Gasteiger partial charge in [0.1, 0.15) is 0 Å². The van der Waals surface area contributed by atoms with Crippen LogP contribution >= 0.6 is 0 Å². The molecule has 0 bridgehead atoms. The van der Waals surface area contributed by atoms with Crippen LogP contribution < -0.4 is 0 Å². The van der Waals surface area contributed by atoms with Gasteiger partial charge in [0.05, 0.1) is 13.2 Å². The highest BCUT2D eigenvalue weighted by atomic mass is 16.5. The monoisotopic (exact) mass is 288 g/mol. The fourth-order valence-corrected chi connectivity index (χ4v) is 1.41. The van der Waals surface area contributed by atoms with Crippen molar-refractivity contribution in [2.24, 2.45) is 0 Å². The van der Waals surface area contributed by atoms with E-state index in [9.17, 15) is 9.59 Å². The predicted molar refractivity (Wildman–Crippen MR) is 81.6 cm³/mol. The minimum absolute atomic E-state index is 0.209. The lowest BCUT2D eigenvalue weighted by atomic mass is 10.1. The van der Waals surface area contributed by atoms with Crippen LogP contribution in [0.25, 0.3) is 6.08 Å². The summed E-state index contributed by atoms with van der Waals surface area (Å²) in [7, 11) is 0. The first kappa shape index (κ1) is 16.7. The second kappa shape index (κ2) is 8.74. The van der Waals surface area contributed by atoms with E-state index in [0.29, 0.717) is 12.0 Å². The predicted octanol–water partition coefficient (Wildman–Crippen LogP) is 3.06. The number of aryl methyl sites for hydroxylation is 1. The average Bonchev–Trinajstić information content (AvgIpc) is 2.46. The molecule has 0 amide bonds. The fraction of sp³-hybridized carbons (Fsp3) is 0.294. The number of benzene rings is 1. The van der Waals surface area contributed by atoms with E-state index in [2.05, 4.69) is 6.58 Å². The molecule has 1 rings (SSSR count). The number of carbonyl (C=O) groups is 2. The second-order valence-electron chi connectivity index (χ2n) is 4.68. The molecular weight excluding hydrogens is 268 g/mol. The Morgan fingerprint density at radius 1 is 1.14 bits per heavy atom. The summed E-state index contributed by atoms with van der Waals surface area (Å²) < 4.78 is 9.87. The Hall–Kier alpha value is -2.36. The van der Waals surface area contributed by atoms with Crippen LogP contribution in [0.1, 0.15) is 24.5 Å². The first-order chi connectivity index (χ1) is 9.99. The van der Waals surface area contributed by atoms with E-state index in [4.69, 9.17) is 9.47 Å². The van der Waals surface area contributed by atoms with Crippen molar-refractivity contribution in [3.63, 3.8) is 0 Å². The molecule has 0 saturated carbocycles. The van der Waals surface area contributed by atoms with Gasteiger partial charge >= 0.3 is 11.9 Å². The lowest BCUT2D eigenvalue weighted by molar-refractivity contribution is -0.140. The zero-order valence-electron chi connectivity index (χ0n) is 12.4. The largest absolute Gasteiger partial charge is 0.462 e. The van der Waals surface area contributed by atoms with Crippen molar-refractivity contribution in [2.45, 2.75) is 20.3 Å². The topological polar surface area (TPSA) is 52.6 Å². The van der Waals surface area contributed by atoms with Crippen LogP contribution in [0.5, 0.6) is 0 Å². The standard InChI is InChI=1S/C17H20O4/c1-13(2)17(19)21-12-4-11-20-16(18)10-9-15-7-5-14(3)6-8-15/h5-10H,1,4,11-12H2,2-3H3/b10-9+. The van der Waals surface area contributed by atoms with Crippen LogP contribution in [0.2, 0.25) is 0 Å². The zero-order chi connectivity index (χ0) is 15.7. The van der Waals surface area contributed by atoms with Gasteiger partial charge in [-0.25, -0.2) is 9.59 Å². The maximum atomic E-state index is 11.5. The van der Waals surface area contributed by atoms with Gasteiger partial charge in [0.25, 0.3) is 0 Å². The lowest BCUT2D eigenvalue weighted by Gasteiger charge is -2.04. The number of rotatable bonds is 7. The average molecular weight is 288 g/mol. The van der Waals surface area contributed by atoms with E-state index in [-0.39, 0.29) is 13.2 Å². The van der Waals surface area contributed by atoms with E-state index in [0.717, 1.165) is 5.56 Å². The van der Waals surface area contributed by atoms with E-state index in [1.54, 1.807) is 13.0 Å². The normalized spacial score (nSPS) is 10.4. The van der Waals surface area contributed by atoms with Gasteiger partial charge in [0, 0.05) is 18.1 Å². The minimum Gasteiger partial charge on any atom is -0.462 e. The first-order valence-corrected chi connectivity index (χ1v) is 6.73. The molecule has 0 aliphatic rings. The Kier molecular flexibility index (Phi) is 6.95. The van der Waals surface area contributed by atoms with Crippen molar-refractivity contribution >= 4 is 18.0 Å². The molecule has 0 aliphatic carbocycles. The number of hydrogen-bond acceptors (Lipinski definition) is 4. The van der Waals surface area contributed by atoms with Crippen LogP contribution in [0.4, 0.5) is 0 Å². The van der Waals surface area contributed by atoms with Gasteiger partial charge in [-0.05, 0) is 25.5 Å². The number of carbonyl (C=O) groups excluding carboxylic acids is 2. The molecule has 1 aromatic rings. The molecule has 0 spiro atoms. The Balaban J connectivity index is 2.21. The van der Waals surface area contributed by atoms with E-state index in [1.165, 1.54) is 11.6 Å². The van der Waals surface area contributed by atoms with Crippen LogP contribution in [-0.2, 0) is 19.1 Å². The number of ether oxygens (including phenoxy) is 2. The molecule has 0 N–H and O–H groups in total. The SMILES string of the molecule is C=C(C)C(=O)OCCCOC(=O)/C=C/c1ccc(C)cc1. The number of hydrogen-bond donors (Lipinski definition) is 0. The summed E-state index contributed by atoms with van der Waals surface area (Å²) in [5.41, 5.74) is 2.46. The summed E-state index contributed by atoms with van der Waals surface area (Å²) in [6.07, 6.45) is 3.54. The molecule has 0 unspecified atom stereocenters. The molecule has 0 heterocycles. The minimum atomic E-state index is -0.430. The summed E-state index contributed by atoms with van der Waals surface area (Å²) >= 11 is 0. The molecule has 0 aromatic heterocycles. The molecule has 1 aromatic carbocycles. The van der Waals surface area contributed by atoms with Crippen molar-refractivity contribution in [2.75, 3.05) is 13.2 Å². The third kappa shape index (κ3) is 7.11. The Morgan fingerprint density at radius 3 is 2.38 bits per heavy atom. The molecule has 0 saturated heterocycles. The van der Waals surface area contributed by atoms with Crippen LogP contribution in [0.15, 0.2) is 42.5 Å². The molecule has 0 aliphatic heterocycles. The van der Waals surface area contributed by atoms with Gasteiger partial charge in [0.2, 0.25) is 0 Å². The van der Waals surface area contributed by atoms with Gasteiger partial charge in [-0.1, -0.05) is 36.4 Å². The summed E-state index contributed by atoms with van der Waals surface area (Å²) in [5, 5.41) is 0. The quantitative estimate of drug-likeness (QED) is 0.439. The Bertz CT molecular complexity index is 526. The zero-order valence-corrected chi connectivity index (χ0v) is 12.4. The third-order valence-corrected chi connectivity index (χ3v) is 2.60. The van der Waals surface area contributed by atoms with E-state index < -0.39 is 11.9 Å². The van der Waals surface area contributed by atoms with Gasteiger partial charge in [-0.3, -0.25) is 0 Å². The third-order valence-electron chi connectivity index (χ3n) is 2.60. The molecule has 0 radical (unpaired) electrons. The maximum Gasteiger partial charge on any atom is 0.333 e. The molecule has 0 fully saturated rings. The van der Waals surface area contributed by atoms with Crippen LogP contribution in [0, 0.1) is 6.92 Å².